The molecule has 3 nitrogen and oxygen atoms in total. The fraction of sp³-hybridized carbons (Fsp3) is 0.353. The first-order valence-corrected chi connectivity index (χ1v) is 14.2. The van der Waals surface area contributed by atoms with Gasteiger partial charge in [-0.2, -0.15) is 5.10 Å². The first-order chi connectivity index (χ1) is 18.3. The lowest BCUT2D eigenvalue weighted by molar-refractivity contribution is 0.556. The standard InChI is InChI=1S/C34H41N3/c1-2-3-4-5-6-7-8-9-10-12-15-29-20-24-33(25-21-29)37-27-26-34(36-37)31-22-18-30(19-23-31)28-35-32-16-13-11-14-17-32/h11,13-14,16-28H,2-10,12,15H2,1H3. The Morgan fingerprint density at radius 2 is 1.32 bits per heavy atom. The summed E-state index contributed by atoms with van der Waals surface area (Å²) in [7, 11) is 0. The Morgan fingerprint density at radius 3 is 2.00 bits per heavy atom. The van der Waals surface area contributed by atoms with Crippen LogP contribution in [0.15, 0.2) is 96.1 Å². The molecule has 0 saturated carbocycles. The van der Waals surface area contributed by atoms with E-state index in [1.165, 1.54) is 76.2 Å². The average Bonchev–Trinajstić information content (AvgIpc) is 3.45. The number of aryl methyl sites for hydroxylation is 1. The molecule has 0 bridgehead atoms. The van der Waals surface area contributed by atoms with E-state index in [0.717, 1.165) is 28.2 Å². The minimum atomic E-state index is 0.958. The maximum Gasteiger partial charge on any atom is 0.0927 e. The molecule has 3 heteroatoms. The van der Waals surface area contributed by atoms with Gasteiger partial charge in [-0.25, -0.2) is 4.68 Å². The highest BCUT2D eigenvalue weighted by atomic mass is 15.3. The first-order valence-electron chi connectivity index (χ1n) is 14.2. The molecular formula is C34H41N3. The Bertz CT molecular complexity index is 1190. The zero-order valence-electron chi connectivity index (χ0n) is 22.4. The third-order valence-corrected chi connectivity index (χ3v) is 6.93. The second-order valence-electron chi connectivity index (χ2n) is 9.96. The van der Waals surface area contributed by atoms with E-state index in [0.29, 0.717) is 0 Å². The Labute approximate surface area is 223 Å². The van der Waals surface area contributed by atoms with Crippen LogP contribution < -0.4 is 0 Å². The number of rotatable bonds is 15. The molecule has 192 valence electrons. The molecule has 0 radical (unpaired) electrons. The quantitative estimate of drug-likeness (QED) is 0.120. The maximum absolute atomic E-state index is 4.81. The predicted molar refractivity (Wildman–Crippen MR) is 158 cm³/mol. The van der Waals surface area contributed by atoms with Gasteiger partial charge in [-0.05, 0) is 54.3 Å². The van der Waals surface area contributed by atoms with Gasteiger partial charge < -0.3 is 0 Å². The first kappa shape index (κ1) is 26.6. The summed E-state index contributed by atoms with van der Waals surface area (Å²) in [4.78, 5) is 4.53. The summed E-state index contributed by atoms with van der Waals surface area (Å²) >= 11 is 0. The molecule has 0 unspecified atom stereocenters. The summed E-state index contributed by atoms with van der Waals surface area (Å²) in [5.74, 6) is 0. The van der Waals surface area contributed by atoms with Gasteiger partial charge in [0.2, 0.25) is 0 Å². The Hall–Kier alpha value is -3.46. The van der Waals surface area contributed by atoms with Gasteiger partial charge >= 0.3 is 0 Å². The maximum atomic E-state index is 4.81. The van der Waals surface area contributed by atoms with Crippen molar-refractivity contribution in [2.75, 3.05) is 0 Å². The van der Waals surface area contributed by atoms with Crippen molar-refractivity contribution in [1.29, 1.82) is 0 Å². The molecule has 0 atom stereocenters. The van der Waals surface area contributed by atoms with E-state index in [-0.39, 0.29) is 0 Å². The molecule has 0 fully saturated rings. The number of aromatic nitrogens is 2. The Kier molecular flexibility index (Phi) is 10.7. The van der Waals surface area contributed by atoms with Crippen LogP contribution in [0.5, 0.6) is 0 Å². The molecule has 37 heavy (non-hydrogen) atoms. The van der Waals surface area contributed by atoms with E-state index in [1.54, 1.807) is 0 Å². The average molecular weight is 492 g/mol. The third-order valence-electron chi connectivity index (χ3n) is 6.93. The fourth-order valence-corrected chi connectivity index (χ4v) is 4.66. The lowest BCUT2D eigenvalue weighted by Crippen LogP contribution is -1.96. The molecule has 1 heterocycles. The summed E-state index contributed by atoms with van der Waals surface area (Å²) in [5.41, 5.74) is 6.63. The zero-order chi connectivity index (χ0) is 25.5. The smallest absolute Gasteiger partial charge is 0.0927 e. The lowest BCUT2D eigenvalue weighted by atomic mass is 10.0. The van der Waals surface area contributed by atoms with Gasteiger partial charge in [0.15, 0.2) is 0 Å². The SMILES string of the molecule is CCCCCCCCCCCCc1ccc(-n2ccc(-c3ccc(C=Nc4ccccc4)cc3)n2)cc1. The highest BCUT2D eigenvalue weighted by molar-refractivity contribution is 5.82. The molecule has 3 aromatic carbocycles. The van der Waals surface area contributed by atoms with Crippen molar-refractivity contribution in [3.8, 4) is 16.9 Å². The van der Waals surface area contributed by atoms with Gasteiger partial charge in [-0.15, -0.1) is 0 Å². The predicted octanol–water partition coefficient (Wildman–Crippen LogP) is 9.75. The normalized spacial score (nSPS) is 11.4. The lowest BCUT2D eigenvalue weighted by Gasteiger charge is -2.05. The number of benzene rings is 3. The van der Waals surface area contributed by atoms with E-state index < -0.39 is 0 Å². The van der Waals surface area contributed by atoms with Gasteiger partial charge in [0.25, 0.3) is 0 Å². The Morgan fingerprint density at radius 1 is 0.676 bits per heavy atom. The summed E-state index contributed by atoms with van der Waals surface area (Å²) in [6, 6.07) is 29.3. The fourth-order valence-electron chi connectivity index (χ4n) is 4.66. The van der Waals surface area contributed by atoms with Crippen LogP contribution in [0.1, 0.15) is 82.3 Å². The molecule has 0 aliphatic rings. The molecule has 4 aromatic rings. The second kappa shape index (κ2) is 14.9. The van der Waals surface area contributed by atoms with Crippen LogP contribution in [0.25, 0.3) is 16.9 Å². The van der Waals surface area contributed by atoms with Gasteiger partial charge in [0.1, 0.15) is 0 Å². The van der Waals surface area contributed by atoms with Crippen LogP contribution in [0.3, 0.4) is 0 Å². The third kappa shape index (κ3) is 8.86. The van der Waals surface area contributed by atoms with E-state index in [1.807, 2.05) is 47.4 Å². The molecule has 0 aliphatic heterocycles. The van der Waals surface area contributed by atoms with E-state index in [9.17, 15) is 0 Å². The van der Waals surface area contributed by atoms with Gasteiger partial charge in [-0.1, -0.05) is 119 Å². The molecule has 1 aromatic heterocycles. The minimum Gasteiger partial charge on any atom is -0.256 e. The van der Waals surface area contributed by atoms with Crippen LogP contribution in [0.4, 0.5) is 5.69 Å². The van der Waals surface area contributed by atoms with Crippen molar-refractivity contribution in [2.24, 2.45) is 4.99 Å². The summed E-state index contributed by atoms with van der Waals surface area (Å²) in [6.45, 7) is 2.28. The molecule has 0 amide bonds. The summed E-state index contributed by atoms with van der Waals surface area (Å²) in [5, 5.41) is 4.81. The van der Waals surface area contributed by atoms with Crippen molar-refractivity contribution in [3.63, 3.8) is 0 Å². The number of unbranched alkanes of at least 4 members (excludes halogenated alkanes) is 9. The van der Waals surface area contributed by atoms with E-state index >= 15 is 0 Å². The summed E-state index contributed by atoms with van der Waals surface area (Å²) < 4.78 is 1.96. The van der Waals surface area contributed by atoms with Crippen molar-refractivity contribution < 1.29 is 0 Å². The van der Waals surface area contributed by atoms with Crippen LogP contribution in [0.2, 0.25) is 0 Å². The van der Waals surface area contributed by atoms with Crippen LogP contribution >= 0.6 is 0 Å². The highest BCUT2D eigenvalue weighted by Crippen LogP contribution is 2.20. The second-order valence-corrected chi connectivity index (χ2v) is 9.96. The van der Waals surface area contributed by atoms with Gasteiger partial charge in [0, 0.05) is 18.0 Å². The van der Waals surface area contributed by atoms with E-state index in [4.69, 9.17) is 5.10 Å². The van der Waals surface area contributed by atoms with Crippen LogP contribution in [-0.4, -0.2) is 16.0 Å². The molecule has 0 aliphatic carbocycles. The molecule has 4 rings (SSSR count). The number of para-hydroxylation sites is 1. The van der Waals surface area contributed by atoms with Crippen LogP contribution in [0, 0.1) is 0 Å². The van der Waals surface area contributed by atoms with Crippen molar-refractivity contribution in [2.45, 2.75) is 77.6 Å². The van der Waals surface area contributed by atoms with Crippen molar-refractivity contribution in [1.82, 2.24) is 9.78 Å². The molecular weight excluding hydrogens is 450 g/mol. The number of aliphatic imine (C=N–C) groups is 1. The monoisotopic (exact) mass is 491 g/mol. The van der Waals surface area contributed by atoms with Crippen LogP contribution in [-0.2, 0) is 6.42 Å². The highest BCUT2D eigenvalue weighted by Gasteiger charge is 2.05. The molecule has 0 N–H and O–H groups in total. The molecule has 0 saturated heterocycles. The van der Waals surface area contributed by atoms with Gasteiger partial charge in [-0.3, -0.25) is 4.99 Å². The number of hydrogen-bond acceptors (Lipinski definition) is 2. The van der Waals surface area contributed by atoms with Crippen molar-refractivity contribution in [3.05, 3.63) is 102 Å². The summed E-state index contributed by atoms with van der Waals surface area (Å²) in [6.07, 6.45) is 18.9. The number of nitrogens with zero attached hydrogens (tertiary/aromatic N) is 3. The Balaban J connectivity index is 1.21. The van der Waals surface area contributed by atoms with E-state index in [2.05, 4.69) is 66.5 Å². The number of hydrogen-bond donors (Lipinski definition) is 0. The van der Waals surface area contributed by atoms with Gasteiger partial charge in [0.05, 0.1) is 17.1 Å². The largest absolute Gasteiger partial charge is 0.256 e. The topological polar surface area (TPSA) is 30.2 Å². The zero-order valence-corrected chi connectivity index (χ0v) is 22.4. The van der Waals surface area contributed by atoms with Crippen molar-refractivity contribution >= 4 is 11.9 Å². The minimum absolute atomic E-state index is 0.958. The molecule has 0 spiro atoms.